The number of rotatable bonds is 7. The van der Waals surface area contributed by atoms with Crippen LogP contribution in [0.5, 0.6) is 5.75 Å². The van der Waals surface area contributed by atoms with Gasteiger partial charge >= 0.3 is 0 Å². The molecule has 0 radical (unpaired) electrons. The summed E-state index contributed by atoms with van der Waals surface area (Å²) in [5.74, 6) is 0.591. The molecule has 25 heavy (non-hydrogen) atoms. The van der Waals surface area contributed by atoms with Crippen LogP contribution in [0.15, 0.2) is 41.9 Å². The number of amides is 1. The minimum atomic E-state index is -0.624. The Bertz CT molecular complexity index is 814. The van der Waals surface area contributed by atoms with Gasteiger partial charge in [-0.2, -0.15) is 5.10 Å². The summed E-state index contributed by atoms with van der Waals surface area (Å²) in [6, 6.07) is 8.87. The highest BCUT2D eigenvalue weighted by Crippen LogP contribution is 2.24. The number of aromatic nitrogens is 3. The molecule has 2 aromatic heterocycles. The number of thiazole rings is 1. The Labute approximate surface area is 149 Å². The van der Waals surface area contributed by atoms with E-state index in [0.29, 0.717) is 13.0 Å². The first-order valence-corrected chi connectivity index (χ1v) is 8.64. The van der Waals surface area contributed by atoms with Gasteiger partial charge in [-0.1, -0.05) is 0 Å². The molecule has 1 amide bonds. The van der Waals surface area contributed by atoms with Crippen molar-refractivity contribution in [3.8, 4) is 17.0 Å². The van der Waals surface area contributed by atoms with Gasteiger partial charge in [0.25, 0.3) is 0 Å². The summed E-state index contributed by atoms with van der Waals surface area (Å²) >= 11 is 1.50. The number of H-pyrrole nitrogens is 1. The predicted octanol–water partition coefficient (Wildman–Crippen LogP) is 1.73. The van der Waals surface area contributed by atoms with Gasteiger partial charge in [-0.25, -0.2) is 4.98 Å². The molecule has 8 heteroatoms. The molecule has 7 nitrogen and oxygen atoms in total. The molecule has 2 heterocycles. The van der Waals surface area contributed by atoms with Crippen molar-refractivity contribution in [2.24, 2.45) is 5.73 Å². The average molecular weight is 357 g/mol. The van der Waals surface area contributed by atoms with Crippen molar-refractivity contribution in [3.63, 3.8) is 0 Å². The van der Waals surface area contributed by atoms with Crippen LogP contribution in [0.2, 0.25) is 0 Å². The Morgan fingerprint density at radius 3 is 2.84 bits per heavy atom. The van der Waals surface area contributed by atoms with Gasteiger partial charge in [0.15, 0.2) is 0 Å². The van der Waals surface area contributed by atoms with Crippen LogP contribution in [0.4, 0.5) is 0 Å². The highest BCUT2D eigenvalue weighted by Gasteiger charge is 2.15. The lowest BCUT2D eigenvalue weighted by atomic mass is 10.1. The van der Waals surface area contributed by atoms with Crippen molar-refractivity contribution in [3.05, 3.63) is 52.6 Å². The Balaban J connectivity index is 1.55. The van der Waals surface area contributed by atoms with Gasteiger partial charge in [-0.05, 0) is 30.3 Å². The van der Waals surface area contributed by atoms with Crippen molar-refractivity contribution < 1.29 is 9.53 Å². The van der Waals surface area contributed by atoms with Crippen molar-refractivity contribution in [1.29, 1.82) is 0 Å². The summed E-state index contributed by atoms with van der Waals surface area (Å²) in [4.78, 5) is 16.6. The van der Waals surface area contributed by atoms with Gasteiger partial charge in [0.2, 0.25) is 5.91 Å². The molecule has 0 aliphatic rings. The number of hydrogen-bond donors (Lipinski definition) is 3. The summed E-state index contributed by atoms with van der Waals surface area (Å²) in [6.45, 7) is 0.357. The molecule has 0 spiro atoms. The molecule has 0 aliphatic heterocycles. The monoisotopic (exact) mass is 357 g/mol. The van der Waals surface area contributed by atoms with Crippen LogP contribution >= 0.6 is 11.3 Å². The summed E-state index contributed by atoms with van der Waals surface area (Å²) in [5.41, 5.74) is 8.62. The van der Waals surface area contributed by atoms with Crippen LogP contribution in [-0.4, -0.2) is 34.2 Å². The first kappa shape index (κ1) is 17.1. The smallest absolute Gasteiger partial charge is 0.237 e. The maximum atomic E-state index is 12.1. The fourth-order valence-electron chi connectivity index (χ4n) is 2.31. The van der Waals surface area contributed by atoms with Gasteiger partial charge in [0, 0.05) is 29.3 Å². The van der Waals surface area contributed by atoms with E-state index >= 15 is 0 Å². The summed E-state index contributed by atoms with van der Waals surface area (Å²) in [5, 5.41) is 12.3. The van der Waals surface area contributed by atoms with E-state index in [1.807, 2.05) is 29.6 Å². The van der Waals surface area contributed by atoms with Gasteiger partial charge in [-0.15, -0.1) is 11.3 Å². The maximum Gasteiger partial charge on any atom is 0.237 e. The van der Waals surface area contributed by atoms with E-state index in [1.54, 1.807) is 19.4 Å². The van der Waals surface area contributed by atoms with Gasteiger partial charge in [-0.3, -0.25) is 9.89 Å². The van der Waals surface area contributed by atoms with Crippen LogP contribution in [0.25, 0.3) is 11.3 Å². The van der Waals surface area contributed by atoms with Gasteiger partial charge in [0.05, 0.1) is 25.4 Å². The second-order valence-corrected chi connectivity index (χ2v) is 6.41. The third-order valence-corrected chi connectivity index (χ3v) is 4.54. The molecule has 1 unspecified atom stereocenters. The zero-order valence-corrected chi connectivity index (χ0v) is 14.5. The Hall–Kier alpha value is -2.71. The SMILES string of the molecule is COc1ccc(-c2csc(CNC(=O)C(N)Cc3ccn[nH]3)n2)cc1. The molecule has 0 saturated heterocycles. The average Bonchev–Trinajstić information content (AvgIpc) is 3.31. The zero-order valence-electron chi connectivity index (χ0n) is 13.7. The van der Waals surface area contributed by atoms with Crippen LogP contribution in [0, 0.1) is 0 Å². The number of nitrogens with one attached hydrogen (secondary N) is 2. The lowest BCUT2D eigenvalue weighted by Gasteiger charge is -2.10. The fraction of sp³-hybridized carbons (Fsp3) is 0.235. The number of nitrogens with zero attached hydrogens (tertiary/aromatic N) is 2. The quantitative estimate of drug-likeness (QED) is 0.597. The number of aromatic amines is 1. The predicted molar refractivity (Wildman–Crippen MR) is 96.2 cm³/mol. The Morgan fingerprint density at radius 1 is 1.36 bits per heavy atom. The second-order valence-electron chi connectivity index (χ2n) is 5.47. The number of carbonyl (C=O) groups excluding carboxylic acids is 1. The molecular weight excluding hydrogens is 338 g/mol. The molecule has 3 rings (SSSR count). The number of methoxy groups -OCH3 is 1. The van der Waals surface area contributed by atoms with Crippen LogP contribution in [-0.2, 0) is 17.8 Å². The first-order valence-electron chi connectivity index (χ1n) is 7.76. The lowest BCUT2D eigenvalue weighted by Crippen LogP contribution is -2.41. The van der Waals surface area contributed by atoms with Crippen molar-refractivity contribution >= 4 is 17.2 Å². The maximum absolute atomic E-state index is 12.1. The highest BCUT2D eigenvalue weighted by atomic mass is 32.1. The molecule has 0 bridgehead atoms. The van der Waals surface area contributed by atoms with Crippen LogP contribution in [0.1, 0.15) is 10.7 Å². The molecule has 0 saturated carbocycles. The largest absolute Gasteiger partial charge is 0.497 e. The summed E-state index contributed by atoms with van der Waals surface area (Å²) in [6.07, 6.45) is 2.05. The zero-order chi connectivity index (χ0) is 17.6. The first-order chi connectivity index (χ1) is 12.2. The Kier molecular flexibility index (Phi) is 5.42. The van der Waals surface area contributed by atoms with E-state index in [1.165, 1.54) is 11.3 Å². The normalized spacial score (nSPS) is 11.9. The van der Waals surface area contributed by atoms with E-state index in [0.717, 1.165) is 27.7 Å². The minimum Gasteiger partial charge on any atom is -0.497 e. The van der Waals surface area contributed by atoms with E-state index in [9.17, 15) is 4.79 Å². The number of nitrogens with two attached hydrogens (primary N) is 1. The van der Waals surface area contributed by atoms with Gasteiger partial charge in [0.1, 0.15) is 10.8 Å². The van der Waals surface area contributed by atoms with Crippen LogP contribution in [0.3, 0.4) is 0 Å². The fourth-order valence-corrected chi connectivity index (χ4v) is 3.05. The van der Waals surface area contributed by atoms with Crippen molar-refractivity contribution in [2.45, 2.75) is 19.0 Å². The molecule has 3 aromatic rings. The molecule has 1 atom stereocenters. The molecule has 1 aromatic carbocycles. The molecule has 0 fully saturated rings. The minimum absolute atomic E-state index is 0.212. The number of carbonyl (C=O) groups is 1. The lowest BCUT2D eigenvalue weighted by molar-refractivity contribution is -0.122. The standard InChI is InChI=1S/C17H19N5O2S/c1-24-13-4-2-11(3-5-13)15-10-25-16(21-15)9-19-17(23)14(18)8-12-6-7-20-22-12/h2-7,10,14H,8-9,18H2,1H3,(H,19,23)(H,20,22). The number of benzene rings is 1. The Morgan fingerprint density at radius 2 is 2.16 bits per heavy atom. The molecule has 0 aliphatic carbocycles. The molecule has 4 N–H and O–H groups in total. The number of ether oxygens (including phenoxy) is 1. The van der Waals surface area contributed by atoms with Crippen LogP contribution < -0.4 is 15.8 Å². The van der Waals surface area contributed by atoms with E-state index < -0.39 is 6.04 Å². The molecule has 130 valence electrons. The summed E-state index contributed by atoms with van der Waals surface area (Å²) < 4.78 is 5.15. The third-order valence-electron chi connectivity index (χ3n) is 3.69. The van der Waals surface area contributed by atoms with E-state index in [-0.39, 0.29) is 5.91 Å². The summed E-state index contributed by atoms with van der Waals surface area (Å²) in [7, 11) is 1.63. The topological polar surface area (TPSA) is 106 Å². The van der Waals surface area contributed by atoms with E-state index in [4.69, 9.17) is 10.5 Å². The third kappa shape index (κ3) is 4.43. The number of hydrogen-bond acceptors (Lipinski definition) is 6. The molecular formula is C17H19N5O2S. The van der Waals surface area contributed by atoms with Crippen molar-refractivity contribution in [2.75, 3.05) is 7.11 Å². The second kappa shape index (κ2) is 7.91. The van der Waals surface area contributed by atoms with Gasteiger partial charge < -0.3 is 15.8 Å². The van der Waals surface area contributed by atoms with Crippen molar-refractivity contribution in [1.82, 2.24) is 20.5 Å². The highest BCUT2D eigenvalue weighted by molar-refractivity contribution is 7.09. The van der Waals surface area contributed by atoms with E-state index in [2.05, 4.69) is 20.5 Å².